The molecule has 3 heteroatoms. The van der Waals surface area contributed by atoms with E-state index in [1.807, 2.05) is 44.2 Å². The van der Waals surface area contributed by atoms with Gasteiger partial charge in [0.1, 0.15) is 0 Å². The second-order valence-corrected chi connectivity index (χ2v) is 4.35. The Morgan fingerprint density at radius 1 is 1.35 bits per heavy atom. The molecule has 0 saturated heterocycles. The summed E-state index contributed by atoms with van der Waals surface area (Å²) in [6.07, 6.45) is 0.724. The lowest BCUT2D eigenvalue weighted by Crippen LogP contribution is -2.38. The molecule has 1 amide bonds. The maximum absolute atomic E-state index is 11.7. The third kappa shape index (κ3) is 3.56. The van der Waals surface area contributed by atoms with Gasteiger partial charge in [0.15, 0.2) is 0 Å². The van der Waals surface area contributed by atoms with Crippen LogP contribution in [0.15, 0.2) is 30.3 Å². The molecule has 0 heterocycles. The average Bonchev–Trinajstić information content (AvgIpc) is 2.37. The van der Waals surface area contributed by atoms with E-state index in [-0.39, 0.29) is 11.9 Å². The molecule has 0 saturated carbocycles. The molecule has 0 aromatic heterocycles. The molecule has 0 aliphatic rings. The highest BCUT2D eigenvalue weighted by molar-refractivity contribution is 5.76. The molecule has 0 bridgehead atoms. The van der Waals surface area contributed by atoms with Crippen molar-refractivity contribution in [3.8, 4) is 0 Å². The molecule has 0 aliphatic heterocycles. The number of benzene rings is 1. The number of aliphatic hydroxyl groups excluding tert-OH is 1. The molecule has 1 rings (SSSR count). The molecule has 17 heavy (non-hydrogen) atoms. The van der Waals surface area contributed by atoms with Gasteiger partial charge in [0.05, 0.1) is 12.1 Å². The van der Waals surface area contributed by atoms with Crippen LogP contribution in [0.5, 0.6) is 0 Å². The van der Waals surface area contributed by atoms with Crippen LogP contribution in [0.4, 0.5) is 0 Å². The van der Waals surface area contributed by atoms with Crippen LogP contribution in [-0.4, -0.2) is 29.0 Å². The third-order valence-corrected chi connectivity index (χ3v) is 3.07. The monoisotopic (exact) mass is 235 g/mol. The molecule has 0 unspecified atom stereocenters. The van der Waals surface area contributed by atoms with E-state index in [1.54, 1.807) is 11.9 Å². The van der Waals surface area contributed by atoms with Gasteiger partial charge in [0, 0.05) is 13.5 Å². The molecular weight excluding hydrogens is 214 g/mol. The normalized spacial score (nSPS) is 14.1. The predicted molar refractivity (Wildman–Crippen MR) is 68.5 cm³/mol. The Morgan fingerprint density at radius 3 is 2.47 bits per heavy atom. The summed E-state index contributed by atoms with van der Waals surface area (Å²) in [5.74, 6) is 0.0787. The molecular formula is C14H21NO2. The van der Waals surface area contributed by atoms with Crippen LogP contribution in [0.1, 0.15) is 38.4 Å². The Balaban J connectivity index is 2.69. The van der Waals surface area contributed by atoms with E-state index in [9.17, 15) is 9.90 Å². The summed E-state index contributed by atoms with van der Waals surface area (Å²) in [5, 5.41) is 10.2. The number of carbonyl (C=O) groups is 1. The number of hydrogen-bond acceptors (Lipinski definition) is 2. The third-order valence-electron chi connectivity index (χ3n) is 3.07. The molecule has 2 atom stereocenters. The topological polar surface area (TPSA) is 40.5 Å². The summed E-state index contributed by atoms with van der Waals surface area (Å²) < 4.78 is 0. The second-order valence-electron chi connectivity index (χ2n) is 4.35. The summed E-state index contributed by atoms with van der Waals surface area (Å²) in [6, 6.07) is 9.22. The van der Waals surface area contributed by atoms with Crippen molar-refractivity contribution in [1.82, 2.24) is 4.90 Å². The van der Waals surface area contributed by atoms with Crippen molar-refractivity contribution in [3.05, 3.63) is 35.9 Å². The van der Waals surface area contributed by atoms with Crippen molar-refractivity contribution in [2.45, 2.75) is 38.8 Å². The van der Waals surface area contributed by atoms with E-state index in [4.69, 9.17) is 0 Å². The highest BCUT2D eigenvalue weighted by atomic mass is 16.3. The van der Waals surface area contributed by atoms with Gasteiger partial charge in [0.25, 0.3) is 0 Å². The van der Waals surface area contributed by atoms with Crippen LogP contribution in [0.2, 0.25) is 0 Å². The van der Waals surface area contributed by atoms with Crippen LogP contribution in [0, 0.1) is 0 Å². The Morgan fingerprint density at radius 2 is 1.94 bits per heavy atom. The molecule has 0 spiro atoms. The van der Waals surface area contributed by atoms with Crippen molar-refractivity contribution >= 4 is 5.91 Å². The second kappa shape index (κ2) is 6.40. The van der Waals surface area contributed by atoms with Gasteiger partial charge in [0.2, 0.25) is 5.91 Å². The lowest BCUT2D eigenvalue weighted by Gasteiger charge is -2.29. The fourth-order valence-electron chi connectivity index (χ4n) is 1.76. The van der Waals surface area contributed by atoms with Crippen molar-refractivity contribution in [1.29, 1.82) is 0 Å². The van der Waals surface area contributed by atoms with Gasteiger partial charge in [-0.05, 0) is 18.9 Å². The van der Waals surface area contributed by atoms with E-state index >= 15 is 0 Å². The van der Waals surface area contributed by atoms with Gasteiger partial charge in [-0.15, -0.1) is 0 Å². The van der Waals surface area contributed by atoms with Gasteiger partial charge < -0.3 is 10.0 Å². The van der Waals surface area contributed by atoms with Gasteiger partial charge in [-0.3, -0.25) is 4.79 Å². The van der Waals surface area contributed by atoms with Gasteiger partial charge in [-0.25, -0.2) is 0 Å². The standard InChI is InChI=1S/C14H21NO2/c1-4-8-13(16)15(3)11(2)14(17)12-9-6-5-7-10-12/h5-7,9-11,14,17H,4,8H2,1-3H3/t11-,14+/m0/s1. The maximum atomic E-state index is 11.7. The van der Waals surface area contributed by atoms with Gasteiger partial charge in [-0.1, -0.05) is 37.3 Å². The van der Waals surface area contributed by atoms with Crippen molar-refractivity contribution < 1.29 is 9.90 Å². The lowest BCUT2D eigenvalue weighted by atomic mass is 10.0. The summed E-state index contributed by atoms with van der Waals surface area (Å²) in [6.45, 7) is 3.84. The van der Waals surface area contributed by atoms with Crippen LogP contribution >= 0.6 is 0 Å². The van der Waals surface area contributed by atoms with E-state index in [0.29, 0.717) is 6.42 Å². The highest BCUT2D eigenvalue weighted by Crippen LogP contribution is 2.20. The lowest BCUT2D eigenvalue weighted by molar-refractivity contribution is -0.134. The minimum absolute atomic E-state index is 0.0787. The Labute approximate surface area is 103 Å². The molecule has 1 aromatic carbocycles. The molecule has 94 valence electrons. The smallest absolute Gasteiger partial charge is 0.222 e. The molecule has 0 fully saturated rings. The Bertz CT molecular complexity index is 350. The molecule has 1 N–H and O–H groups in total. The average molecular weight is 235 g/mol. The van der Waals surface area contributed by atoms with Crippen molar-refractivity contribution in [3.63, 3.8) is 0 Å². The zero-order valence-corrected chi connectivity index (χ0v) is 10.8. The van der Waals surface area contributed by atoms with Gasteiger partial charge in [-0.2, -0.15) is 0 Å². The van der Waals surface area contributed by atoms with Crippen LogP contribution < -0.4 is 0 Å². The minimum atomic E-state index is -0.637. The van der Waals surface area contributed by atoms with E-state index < -0.39 is 6.10 Å². The number of amides is 1. The number of nitrogens with zero attached hydrogens (tertiary/aromatic N) is 1. The molecule has 3 nitrogen and oxygen atoms in total. The Hall–Kier alpha value is -1.35. The fraction of sp³-hybridized carbons (Fsp3) is 0.500. The largest absolute Gasteiger partial charge is 0.386 e. The first-order valence-electron chi connectivity index (χ1n) is 6.06. The fourth-order valence-corrected chi connectivity index (χ4v) is 1.76. The maximum Gasteiger partial charge on any atom is 0.222 e. The summed E-state index contributed by atoms with van der Waals surface area (Å²) >= 11 is 0. The Kier molecular flexibility index (Phi) is 5.16. The van der Waals surface area contributed by atoms with Crippen LogP contribution in [0.3, 0.4) is 0 Å². The first-order valence-corrected chi connectivity index (χ1v) is 6.06. The van der Waals surface area contributed by atoms with Gasteiger partial charge >= 0.3 is 0 Å². The zero-order valence-electron chi connectivity index (χ0n) is 10.8. The first kappa shape index (κ1) is 13.7. The minimum Gasteiger partial charge on any atom is -0.386 e. The summed E-state index contributed by atoms with van der Waals surface area (Å²) in [5.41, 5.74) is 0.844. The molecule has 1 aromatic rings. The summed E-state index contributed by atoms with van der Waals surface area (Å²) in [4.78, 5) is 13.4. The summed E-state index contributed by atoms with van der Waals surface area (Å²) in [7, 11) is 1.74. The number of likely N-dealkylation sites (N-methyl/N-ethyl adjacent to an activating group) is 1. The quantitative estimate of drug-likeness (QED) is 0.851. The number of aliphatic hydroxyl groups is 1. The number of carbonyl (C=O) groups excluding carboxylic acids is 1. The number of hydrogen-bond donors (Lipinski definition) is 1. The van der Waals surface area contributed by atoms with Crippen molar-refractivity contribution in [2.24, 2.45) is 0 Å². The van der Waals surface area contributed by atoms with Crippen LogP contribution in [0.25, 0.3) is 0 Å². The van der Waals surface area contributed by atoms with E-state index in [2.05, 4.69) is 0 Å². The predicted octanol–water partition coefficient (Wildman–Crippen LogP) is 2.37. The highest BCUT2D eigenvalue weighted by Gasteiger charge is 2.23. The molecule has 0 radical (unpaired) electrons. The van der Waals surface area contributed by atoms with Crippen LogP contribution in [-0.2, 0) is 4.79 Å². The molecule has 0 aliphatic carbocycles. The first-order chi connectivity index (χ1) is 8.07. The van der Waals surface area contributed by atoms with Crippen molar-refractivity contribution in [2.75, 3.05) is 7.05 Å². The zero-order chi connectivity index (χ0) is 12.8. The van der Waals surface area contributed by atoms with E-state index in [0.717, 1.165) is 12.0 Å². The number of rotatable bonds is 5. The van der Waals surface area contributed by atoms with E-state index in [1.165, 1.54) is 0 Å². The SMILES string of the molecule is CCCC(=O)N(C)[C@@H](C)[C@@H](O)c1ccccc1.